The van der Waals surface area contributed by atoms with Crippen molar-refractivity contribution in [1.82, 2.24) is 24.8 Å². The Kier molecular flexibility index (Phi) is 5.61. The predicted octanol–water partition coefficient (Wildman–Crippen LogP) is 4.19. The molecule has 0 atom stereocenters. The first-order chi connectivity index (χ1) is 14.8. The molecular formula is C23H22ClN5O2. The van der Waals surface area contributed by atoms with Crippen molar-refractivity contribution in [2.24, 2.45) is 7.05 Å². The summed E-state index contributed by atoms with van der Waals surface area (Å²) in [5, 5.41) is 8.38. The fraction of sp³-hybridized carbons (Fsp3) is 0.217. The zero-order valence-corrected chi connectivity index (χ0v) is 18.5. The molecule has 8 heteroatoms. The molecule has 0 N–H and O–H groups in total. The van der Waals surface area contributed by atoms with Crippen LogP contribution in [0.1, 0.15) is 22.4 Å². The topological polar surface area (TPSA) is 74.8 Å². The highest BCUT2D eigenvalue weighted by Crippen LogP contribution is 2.30. The second-order valence-corrected chi connectivity index (χ2v) is 7.83. The molecule has 7 nitrogen and oxygen atoms in total. The van der Waals surface area contributed by atoms with E-state index in [0.29, 0.717) is 10.7 Å². The minimum atomic E-state index is -0.310. The summed E-state index contributed by atoms with van der Waals surface area (Å²) in [4.78, 5) is 16.9. The van der Waals surface area contributed by atoms with Crippen LogP contribution in [0.25, 0.3) is 16.9 Å². The van der Waals surface area contributed by atoms with Crippen LogP contribution >= 0.6 is 11.6 Å². The lowest BCUT2D eigenvalue weighted by molar-refractivity contribution is 0.302. The molecule has 0 saturated heterocycles. The first kappa shape index (κ1) is 20.8. The van der Waals surface area contributed by atoms with Gasteiger partial charge in [-0.2, -0.15) is 9.36 Å². The van der Waals surface area contributed by atoms with Crippen LogP contribution in [0.4, 0.5) is 0 Å². The Labute approximate surface area is 184 Å². The average molecular weight is 436 g/mol. The molecule has 158 valence electrons. The number of tetrazole rings is 1. The molecule has 2 aromatic heterocycles. The zero-order chi connectivity index (χ0) is 22.1. The van der Waals surface area contributed by atoms with Crippen LogP contribution in [-0.4, -0.2) is 24.8 Å². The highest BCUT2D eigenvalue weighted by molar-refractivity contribution is 6.33. The van der Waals surface area contributed by atoms with Gasteiger partial charge in [0.05, 0.1) is 16.4 Å². The second-order valence-electron chi connectivity index (χ2n) is 7.42. The number of ether oxygens (including phenoxy) is 1. The molecule has 2 heterocycles. The normalized spacial score (nSPS) is 11.0. The zero-order valence-electron chi connectivity index (χ0n) is 17.8. The molecule has 0 aliphatic heterocycles. The van der Waals surface area contributed by atoms with Crippen LogP contribution in [0.5, 0.6) is 5.75 Å². The Balaban J connectivity index is 1.63. The van der Waals surface area contributed by atoms with Gasteiger partial charge in [-0.25, -0.2) is 4.79 Å². The molecule has 0 unspecified atom stereocenters. The number of aromatic nitrogens is 5. The van der Waals surface area contributed by atoms with E-state index in [1.165, 1.54) is 9.36 Å². The minimum Gasteiger partial charge on any atom is -0.489 e. The predicted molar refractivity (Wildman–Crippen MR) is 120 cm³/mol. The highest BCUT2D eigenvalue weighted by Gasteiger charge is 2.14. The van der Waals surface area contributed by atoms with E-state index in [1.54, 1.807) is 7.05 Å². The molecule has 0 amide bonds. The van der Waals surface area contributed by atoms with E-state index in [2.05, 4.69) is 15.4 Å². The monoisotopic (exact) mass is 435 g/mol. The summed E-state index contributed by atoms with van der Waals surface area (Å²) in [7, 11) is 1.57. The Morgan fingerprint density at radius 3 is 2.52 bits per heavy atom. The third-order valence-electron chi connectivity index (χ3n) is 5.14. The number of benzene rings is 2. The lowest BCUT2D eigenvalue weighted by Crippen LogP contribution is -2.23. The van der Waals surface area contributed by atoms with E-state index >= 15 is 0 Å². The molecule has 0 fully saturated rings. The van der Waals surface area contributed by atoms with E-state index in [0.717, 1.165) is 39.4 Å². The molecule has 2 aromatic carbocycles. The van der Waals surface area contributed by atoms with Crippen molar-refractivity contribution in [1.29, 1.82) is 0 Å². The standard InChI is InChI=1S/C23H22ClN5O2/c1-14-6-5-7-20(29-23(30)28(4)26-27-29)18(14)13-31-21-11-9-17(12-15(21)2)22-19(24)10-8-16(3)25-22/h5-12H,13H2,1-4H3. The van der Waals surface area contributed by atoms with Crippen LogP contribution in [-0.2, 0) is 13.7 Å². The van der Waals surface area contributed by atoms with Crippen molar-refractivity contribution < 1.29 is 4.74 Å². The van der Waals surface area contributed by atoms with Crippen LogP contribution in [0.3, 0.4) is 0 Å². The summed E-state index contributed by atoms with van der Waals surface area (Å²) < 4.78 is 8.61. The number of pyridine rings is 1. The van der Waals surface area contributed by atoms with Crippen molar-refractivity contribution in [2.45, 2.75) is 27.4 Å². The summed E-state index contributed by atoms with van der Waals surface area (Å²) >= 11 is 6.34. The molecule has 31 heavy (non-hydrogen) atoms. The Hall–Kier alpha value is -3.45. The number of nitrogens with zero attached hydrogens (tertiary/aromatic N) is 5. The largest absolute Gasteiger partial charge is 0.489 e. The quantitative estimate of drug-likeness (QED) is 0.470. The summed E-state index contributed by atoms with van der Waals surface area (Å²) in [6, 6.07) is 15.3. The number of halogens is 1. The molecule has 0 aliphatic carbocycles. The molecule has 0 bridgehead atoms. The van der Waals surface area contributed by atoms with Gasteiger partial charge in [-0.1, -0.05) is 23.7 Å². The van der Waals surface area contributed by atoms with E-state index in [-0.39, 0.29) is 12.3 Å². The van der Waals surface area contributed by atoms with E-state index in [4.69, 9.17) is 16.3 Å². The molecule has 4 rings (SSSR count). The van der Waals surface area contributed by atoms with Crippen LogP contribution in [0, 0.1) is 20.8 Å². The Morgan fingerprint density at radius 1 is 1.00 bits per heavy atom. The van der Waals surface area contributed by atoms with Gasteiger partial charge in [0, 0.05) is 23.9 Å². The van der Waals surface area contributed by atoms with Gasteiger partial charge >= 0.3 is 5.69 Å². The second kappa shape index (κ2) is 8.35. The molecule has 4 aromatic rings. The van der Waals surface area contributed by atoms with E-state index in [1.807, 2.05) is 69.3 Å². The highest BCUT2D eigenvalue weighted by atomic mass is 35.5. The van der Waals surface area contributed by atoms with Crippen LogP contribution in [0.2, 0.25) is 5.02 Å². The molecule has 0 saturated carbocycles. The lowest BCUT2D eigenvalue weighted by atomic mass is 10.1. The SMILES string of the molecule is Cc1ccc(Cl)c(-c2ccc(OCc3c(C)cccc3-n3nnn(C)c3=O)c(C)c2)n1. The number of hydrogen-bond acceptors (Lipinski definition) is 5. The van der Waals surface area contributed by atoms with Gasteiger partial charge in [0.25, 0.3) is 0 Å². The van der Waals surface area contributed by atoms with Crippen molar-refractivity contribution in [3.63, 3.8) is 0 Å². The maximum atomic E-state index is 12.3. The summed E-state index contributed by atoms with van der Waals surface area (Å²) in [6.45, 7) is 6.18. The van der Waals surface area contributed by atoms with Crippen molar-refractivity contribution in [3.05, 3.63) is 86.4 Å². The maximum Gasteiger partial charge on any atom is 0.368 e. The Morgan fingerprint density at radius 2 is 1.81 bits per heavy atom. The fourth-order valence-corrected chi connectivity index (χ4v) is 3.60. The van der Waals surface area contributed by atoms with Crippen molar-refractivity contribution in [3.8, 4) is 22.7 Å². The third-order valence-corrected chi connectivity index (χ3v) is 5.45. The number of hydrogen-bond donors (Lipinski definition) is 0. The Bertz CT molecular complexity index is 1330. The van der Waals surface area contributed by atoms with Crippen LogP contribution in [0.15, 0.2) is 53.3 Å². The van der Waals surface area contributed by atoms with Gasteiger partial charge < -0.3 is 4.74 Å². The number of rotatable bonds is 5. The van der Waals surface area contributed by atoms with Gasteiger partial charge in [-0.15, -0.1) is 0 Å². The molecule has 0 radical (unpaired) electrons. The fourth-order valence-electron chi connectivity index (χ4n) is 3.39. The average Bonchev–Trinajstić information content (AvgIpc) is 3.08. The summed E-state index contributed by atoms with van der Waals surface area (Å²) in [5.74, 6) is 0.744. The van der Waals surface area contributed by atoms with Gasteiger partial charge in [0.1, 0.15) is 12.4 Å². The van der Waals surface area contributed by atoms with E-state index in [9.17, 15) is 4.79 Å². The van der Waals surface area contributed by atoms with Gasteiger partial charge in [0.2, 0.25) is 0 Å². The maximum absolute atomic E-state index is 12.3. The van der Waals surface area contributed by atoms with E-state index < -0.39 is 0 Å². The summed E-state index contributed by atoms with van der Waals surface area (Å²) in [6.07, 6.45) is 0. The molecular weight excluding hydrogens is 414 g/mol. The first-order valence-electron chi connectivity index (χ1n) is 9.80. The molecule has 0 spiro atoms. The van der Waals surface area contributed by atoms with Crippen LogP contribution < -0.4 is 10.4 Å². The van der Waals surface area contributed by atoms with Gasteiger partial charge in [-0.3, -0.25) is 4.98 Å². The van der Waals surface area contributed by atoms with Gasteiger partial charge in [-0.05, 0) is 78.7 Å². The van der Waals surface area contributed by atoms with Crippen molar-refractivity contribution >= 4 is 11.6 Å². The lowest BCUT2D eigenvalue weighted by Gasteiger charge is -2.15. The minimum absolute atomic E-state index is 0.286. The third kappa shape index (κ3) is 4.09. The molecule has 0 aliphatic rings. The van der Waals surface area contributed by atoms with Crippen molar-refractivity contribution in [2.75, 3.05) is 0 Å². The smallest absolute Gasteiger partial charge is 0.368 e. The first-order valence-corrected chi connectivity index (χ1v) is 10.2. The summed E-state index contributed by atoms with van der Waals surface area (Å²) in [5.41, 5.74) is 5.77. The number of aryl methyl sites for hydroxylation is 4. The van der Waals surface area contributed by atoms with Gasteiger partial charge in [0.15, 0.2) is 0 Å².